The van der Waals surface area contributed by atoms with Crippen molar-refractivity contribution in [1.29, 1.82) is 0 Å². The van der Waals surface area contributed by atoms with Gasteiger partial charge in [0.2, 0.25) is 0 Å². The van der Waals surface area contributed by atoms with E-state index in [0.29, 0.717) is 5.75 Å². The lowest BCUT2D eigenvalue weighted by Crippen LogP contribution is -2.02. The van der Waals surface area contributed by atoms with Crippen molar-refractivity contribution < 1.29 is 4.74 Å². The average molecular weight is 625 g/mol. The maximum Gasteiger partial charge on any atom is 0.139 e. The van der Waals surface area contributed by atoms with E-state index in [4.69, 9.17) is 9.72 Å². The Morgan fingerprint density at radius 3 is 2.00 bits per heavy atom. The van der Waals surface area contributed by atoms with E-state index in [9.17, 15) is 0 Å². The molecule has 5 aromatic carbocycles. The van der Waals surface area contributed by atoms with Crippen molar-refractivity contribution in [1.82, 2.24) is 29.1 Å². The Hall–Kier alpha value is -6.21. The van der Waals surface area contributed by atoms with Crippen LogP contribution in [-0.2, 0) is 0 Å². The summed E-state index contributed by atoms with van der Waals surface area (Å²) in [4.78, 5) is 4.98. The van der Waals surface area contributed by atoms with Crippen LogP contribution in [0.2, 0.25) is 0 Å². The van der Waals surface area contributed by atoms with Crippen LogP contribution in [-0.4, -0.2) is 29.1 Å². The molecule has 9 aromatic rings. The lowest BCUT2D eigenvalue weighted by atomic mass is 10.0. The summed E-state index contributed by atoms with van der Waals surface area (Å²) in [6.45, 7) is 8.84. The molecule has 7 heteroatoms. The quantitative estimate of drug-likeness (QED) is 0.191. The number of hydrogen-bond acceptors (Lipinski definition) is 4. The van der Waals surface area contributed by atoms with E-state index >= 15 is 0 Å². The largest absolute Gasteiger partial charge is 0.457 e. The lowest BCUT2D eigenvalue weighted by molar-refractivity contribution is 0.482. The first-order chi connectivity index (χ1) is 23.5. The third-order valence-corrected chi connectivity index (χ3v) is 9.74. The molecule has 9 rings (SSSR count). The van der Waals surface area contributed by atoms with Gasteiger partial charge in [-0.05, 0) is 86.3 Å². The summed E-state index contributed by atoms with van der Waals surface area (Å²) in [5, 5.41) is 12.9. The van der Waals surface area contributed by atoms with Gasteiger partial charge in [-0.3, -0.25) is 4.57 Å². The first-order valence-corrected chi connectivity index (χ1v) is 16.1. The number of ether oxygens (including phenoxy) is 1. The number of aryl methyl sites for hydroxylation is 4. The molecule has 0 bridgehead atoms. The second kappa shape index (κ2) is 10.7. The maximum absolute atomic E-state index is 6.44. The van der Waals surface area contributed by atoms with Crippen LogP contribution in [0.1, 0.15) is 22.3 Å². The fraction of sp³-hybridized carbons (Fsp3) is 0.0976. The Kier molecular flexibility index (Phi) is 6.24. The summed E-state index contributed by atoms with van der Waals surface area (Å²) in [6.07, 6.45) is 5.40. The normalized spacial score (nSPS) is 11.8. The van der Waals surface area contributed by atoms with Gasteiger partial charge in [0.25, 0.3) is 0 Å². The van der Waals surface area contributed by atoms with Crippen molar-refractivity contribution in [2.75, 3.05) is 0 Å². The molecule has 0 fully saturated rings. The molecule has 0 spiro atoms. The van der Waals surface area contributed by atoms with Crippen LogP contribution >= 0.6 is 0 Å². The Balaban J connectivity index is 1.24. The van der Waals surface area contributed by atoms with Crippen molar-refractivity contribution in [3.63, 3.8) is 0 Å². The Morgan fingerprint density at radius 1 is 0.542 bits per heavy atom. The smallest absolute Gasteiger partial charge is 0.139 e. The fourth-order valence-corrected chi connectivity index (χ4v) is 7.08. The Bertz CT molecular complexity index is 2630. The van der Waals surface area contributed by atoms with Gasteiger partial charge in [0, 0.05) is 45.9 Å². The van der Waals surface area contributed by atoms with Gasteiger partial charge in [0.15, 0.2) is 0 Å². The SMILES string of the molecule is Cc1ccc2c3ccc(C)c(C)c3n(-c3ccnc(-n4c5ccccc5c5ccc(Oc6cccc(-n7ccnn7)c6)cc54)c3)c2c1C. The van der Waals surface area contributed by atoms with Crippen molar-refractivity contribution >= 4 is 43.6 Å². The molecule has 0 amide bonds. The third kappa shape index (κ3) is 4.24. The molecule has 4 aromatic heterocycles. The summed E-state index contributed by atoms with van der Waals surface area (Å²) in [6, 6.07) is 35.9. The van der Waals surface area contributed by atoms with Gasteiger partial charge >= 0.3 is 0 Å². The van der Waals surface area contributed by atoms with E-state index in [1.807, 2.05) is 42.7 Å². The summed E-state index contributed by atoms with van der Waals surface area (Å²) >= 11 is 0. The molecule has 232 valence electrons. The van der Waals surface area contributed by atoms with Crippen LogP contribution in [0.4, 0.5) is 0 Å². The van der Waals surface area contributed by atoms with Crippen LogP contribution < -0.4 is 4.74 Å². The van der Waals surface area contributed by atoms with Crippen LogP contribution in [0, 0.1) is 27.7 Å². The lowest BCUT2D eigenvalue weighted by Gasteiger charge is -2.15. The molecule has 0 aliphatic rings. The number of hydrogen-bond donors (Lipinski definition) is 0. The minimum atomic E-state index is 0.716. The van der Waals surface area contributed by atoms with Crippen molar-refractivity contribution in [3.8, 4) is 28.7 Å². The van der Waals surface area contributed by atoms with Crippen LogP contribution in [0.5, 0.6) is 11.5 Å². The van der Waals surface area contributed by atoms with Gasteiger partial charge in [0.1, 0.15) is 17.3 Å². The molecule has 0 atom stereocenters. The zero-order valence-corrected chi connectivity index (χ0v) is 27.1. The van der Waals surface area contributed by atoms with Gasteiger partial charge < -0.3 is 9.30 Å². The molecule has 0 unspecified atom stereocenters. The Labute approximate surface area is 277 Å². The number of para-hydroxylation sites is 1. The van der Waals surface area contributed by atoms with E-state index < -0.39 is 0 Å². The van der Waals surface area contributed by atoms with Gasteiger partial charge in [-0.2, -0.15) is 0 Å². The predicted octanol–water partition coefficient (Wildman–Crippen LogP) is 9.88. The second-order valence-corrected chi connectivity index (χ2v) is 12.5. The molecule has 0 radical (unpaired) electrons. The van der Waals surface area contributed by atoms with Gasteiger partial charge in [-0.25, -0.2) is 9.67 Å². The molecule has 0 aliphatic carbocycles. The highest BCUT2D eigenvalue weighted by Crippen LogP contribution is 2.39. The standard InChI is InChI=1S/C41H32N6O/c1-25-12-15-35-36-16-13-26(2)28(4)41(36)46(40(35)27(25)3)30-18-19-42-39(23-30)47-37-11-6-5-10-33(37)34-17-14-32(24-38(34)47)48-31-9-7-8-29(22-31)45-21-20-43-44-45/h5-24H,1-4H3. The van der Waals surface area contributed by atoms with Crippen LogP contribution in [0.3, 0.4) is 0 Å². The van der Waals surface area contributed by atoms with E-state index in [1.165, 1.54) is 44.1 Å². The number of fused-ring (bicyclic) bond motifs is 6. The van der Waals surface area contributed by atoms with E-state index in [1.54, 1.807) is 10.9 Å². The summed E-state index contributed by atoms with van der Waals surface area (Å²) < 4.78 is 12.8. The summed E-state index contributed by atoms with van der Waals surface area (Å²) in [5.41, 5.74) is 11.7. The summed E-state index contributed by atoms with van der Waals surface area (Å²) in [7, 11) is 0. The number of benzene rings is 5. The van der Waals surface area contributed by atoms with Crippen molar-refractivity contribution in [3.05, 3.63) is 144 Å². The number of nitrogens with zero attached hydrogens (tertiary/aromatic N) is 6. The first-order valence-electron chi connectivity index (χ1n) is 16.1. The zero-order chi connectivity index (χ0) is 32.5. The van der Waals surface area contributed by atoms with Gasteiger partial charge in [0.05, 0.1) is 45.8 Å². The highest BCUT2D eigenvalue weighted by molar-refractivity contribution is 6.12. The number of pyridine rings is 1. The molecular weight excluding hydrogens is 592 g/mol. The minimum Gasteiger partial charge on any atom is -0.457 e. The van der Waals surface area contributed by atoms with E-state index in [2.05, 4.69) is 120 Å². The Morgan fingerprint density at radius 2 is 1.25 bits per heavy atom. The molecule has 0 N–H and O–H groups in total. The first kappa shape index (κ1) is 28.0. The maximum atomic E-state index is 6.44. The third-order valence-electron chi connectivity index (χ3n) is 9.74. The average Bonchev–Trinajstić information content (AvgIpc) is 3.84. The van der Waals surface area contributed by atoms with Crippen molar-refractivity contribution in [2.45, 2.75) is 27.7 Å². The van der Waals surface area contributed by atoms with Crippen molar-refractivity contribution in [2.24, 2.45) is 0 Å². The monoisotopic (exact) mass is 624 g/mol. The van der Waals surface area contributed by atoms with E-state index in [-0.39, 0.29) is 0 Å². The molecule has 0 aliphatic heterocycles. The highest BCUT2D eigenvalue weighted by atomic mass is 16.5. The second-order valence-electron chi connectivity index (χ2n) is 12.5. The van der Waals surface area contributed by atoms with Crippen LogP contribution in [0.15, 0.2) is 122 Å². The molecule has 0 saturated heterocycles. The van der Waals surface area contributed by atoms with E-state index in [0.717, 1.165) is 44.7 Å². The molecule has 48 heavy (non-hydrogen) atoms. The highest BCUT2D eigenvalue weighted by Gasteiger charge is 2.20. The van der Waals surface area contributed by atoms with Gasteiger partial charge in [-0.1, -0.05) is 53.7 Å². The minimum absolute atomic E-state index is 0.716. The zero-order valence-electron chi connectivity index (χ0n) is 27.1. The predicted molar refractivity (Wildman–Crippen MR) is 193 cm³/mol. The molecule has 7 nitrogen and oxygen atoms in total. The number of rotatable bonds is 5. The molecular formula is C41H32N6O. The van der Waals surface area contributed by atoms with Gasteiger partial charge in [-0.15, -0.1) is 5.10 Å². The fourth-order valence-electron chi connectivity index (χ4n) is 7.08. The van der Waals surface area contributed by atoms with Crippen LogP contribution in [0.25, 0.3) is 60.8 Å². The topological polar surface area (TPSA) is 62.7 Å². The summed E-state index contributed by atoms with van der Waals surface area (Å²) in [5.74, 6) is 2.29. The molecule has 0 saturated carbocycles. The number of aromatic nitrogens is 6. The molecule has 4 heterocycles.